The van der Waals surface area contributed by atoms with E-state index in [9.17, 15) is 24.5 Å². The highest BCUT2D eigenvalue weighted by molar-refractivity contribution is 14.1. The molecule has 1 aliphatic heterocycles. The summed E-state index contributed by atoms with van der Waals surface area (Å²) in [5, 5.41) is 20.3. The Morgan fingerprint density at radius 2 is 1.83 bits per heavy atom. The number of hydrogen-bond donors (Lipinski definition) is 3. The first-order chi connectivity index (χ1) is 22.5. The Labute approximate surface area is 296 Å². The molecule has 246 valence electrons. The van der Waals surface area contributed by atoms with Crippen molar-refractivity contribution in [1.29, 1.82) is 0 Å². The quantitative estimate of drug-likeness (QED) is 0.0692. The monoisotopic (exact) mass is 869 g/mol. The van der Waals surface area contributed by atoms with E-state index in [4.69, 9.17) is 18.9 Å². The van der Waals surface area contributed by atoms with Crippen molar-refractivity contribution in [3.8, 4) is 17.2 Å². The second-order valence-electron chi connectivity index (χ2n) is 9.80. The van der Waals surface area contributed by atoms with Gasteiger partial charge < -0.3 is 29.6 Å². The maximum absolute atomic E-state index is 12.6. The van der Waals surface area contributed by atoms with E-state index in [1.54, 1.807) is 44.2 Å². The number of amides is 3. The molecular weight excluding hydrogens is 840 g/mol. The average molecular weight is 869 g/mol. The number of esters is 1. The summed E-state index contributed by atoms with van der Waals surface area (Å²) < 4.78 is 24.1. The molecule has 0 bridgehead atoms. The lowest BCUT2D eigenvalue weighted by atomic mass is 9.95. The summed E-state index contributed by atoms with van der Waals surface area (Å²) in [5.74, 6) is -0.0553. The van der Waals surface area contributed by atoms with Gasteiger partial charge in [0, 0.05) is 27.0 Å². The molecule has 0 saturated carbocycles. The van der Waals surface area contributed by atoms with Gasteiger partial charge in [-0.15, -0.1) is 0 Å². The van der Waals surface area contributed by atoms with Crippen LogP contribution in [0, 0.1) is 17.3 Å². The molecule has 3 amide bonds. The van der Waals surface area contributed by atoms with E-state index in [1.165, 1.54) is 25.5 Å². The van der Waals surface area contributed by atoms with Crippen LogP contribution in [0.2, 0.25) is 0 Å². The number of allylic oxidation sites excluding steroid dienone is 1. The van der Waals surface area contributed by atoms with Gasteiger partial charge in [-0.2, -0.15) is 5.10 Å². The Morgan fingerprint density at radius 1 is 1.09 bits per heavy atom. The zero-order chi connectivity index (χ0) is 34.1. The molecule has 0 radical (unpaired) electrons. The number of hydrazone groups is 1. The number of rotatable bonds is 13. The van der Waals surface area contributed by atoms with Crippen LogP contribution in [0.3, 0.4) is 0 Å². The van der Waals surface area contributed by atoms with E-state index in [1.807, 2.05) is 12.1 Å². The highest BCUT2D eigenvalue weighted by Gasteiger charge is 2.32. The van der Waals surface area contributed by atoms with Crippen LogP contribution in [0.4, 0.5) is 10.5 Å². The minimum absolute atomic E-state index is 0.00933. The van der Waals surface area contributed by atoms with E-state index in [-0.39, 0.29) is 36.0 Å². The number of carbonyl (C=O) groups is 3. The second-order valence-corrected chi connectivity index (χ2v) is 12.2. The molecule has 0 fully saturated rings. The molecule has 1 aliphatic rings. The van der Waals surface area contributed by atoms with Gasteiger partial charge in [-0.25, -0.2) is 15.0 Å². The largest absolute Gasteiger partial charge is 0.493 e. The molecule has 0 spiro atoms. The van der Waals surface area contributed by atoms with Crippen molar-refractivity contribution in [1.82, 2.24) is 16.1 Å². The third-order valence-electron chi connectivity index (χ3n) is 6.60. The Bertz CT molecular complexity index is 1750. The fourth-order valence-electron chi connectivity index (χ4n) is 4.45. The Balaban J connectivity index is 1.40. The zero-order valence-electron chi connectivity index (χ0n) is 25.3. The first-order valence-corrected chi connectivity index (χ1v) is 16.1. The van der Waals surface area contributed by atoms with Crippen LogP contribution in [0.5, 0.6) is 17.2 Å². The average Bonchev–Trinajstić information content (AvgIpc) is 3.03. The number of methoxy groups -OCH3 is 1. The summed E-state index contributed by atoms with van der Waals surface area (Å²) in [5.41, 5.74) is 4.94. The van der Waals surface area contributed by atoms with Gasteiger partial charge in [0.05, 0.1) is 40.0 Å². The molecule has 0 saturated heterocycles. The number of nitro benzene ring substituents is 1. The number of urea groups is 1. The van der Waals surface area contributed by atoms with Gasteiger partial charge in [0.15, 0.2) is 18.1 Å². The van der Waals surface area contributed by atoms with Crippen molar-refractivity contribution in [3.63, 3.8) is 0 Å². The third kappa shape index (κ3) is 9.31. The lowest BCUT2D eigenvalue weighted by molar-refractivity contribution is -0.384. The molecule has 0 aliphatic carbocycles. The van der Waals surface area contributed by atoms with E-state index in [2.05, 4.69) is 66.3 Å². The number of non-ortho nitro benzene ring substituents is 1. The molecule has 0 aromatic heterocycles. The predicted molar refractivity (Wildman–Crippen MR) is 187 cm³/mol. The number of carbonyl (C=O) groups excluding carboxylic acids is 3. The highest BCUT2D eigenvalue weighted by Crippen LogP contribution is 2.35. The molecule has 3 aromatic carbocycles. The molecule has 47 heavy (non-hydrogen) atoms. The molecule has 3 aromatic rings. The van der Waals surface area contributed by atoms with Gasteiger partial charge in [-0.1, -0.05) is 6.07 Å². The minimum Gasteiger partial charge on any atom is -0.493 e. The van der Waals surface area contributed by atoms with Gasteiger partial charge >= 0.3 is 12.0 Å². The summed E-state index contributed by atoms with van der Waals surface area (Å²) in [4.78, 5) is 47.9. The fourth-order valence-corrected chi connectivity index (χ4v) is 6.50. The summed E-state index contributed by atoms with van der Waals surface area (Å²) >= 11 is 4.30. The maximum Gasteiger partial charge on any atom is 0.338 e. The SMILES string of the molecule is CCOC(=O)C1=C(C)NC(=O)N[C@H]1c1ccc(OCC(=O)N/N=C/c2cc(I)cc(I)c2OCc2ccc([N+](=O)[O-])cc2)c(OC)c1. The molecular formula is C31H29I2N5O9. The topological polar surface area (TPSA) is 180 Å². The van der Waals surface area contributed by atoms with E-state index in [0.717, 1.165) is 12.7 Å². The van der Waals surface area contributed by atoms with Crippen LogP contribution in [-0.2, 0) is 20.9 Å². The predicted octanol–water partition coefficient (Wildman–Crippen LogP) is 5.11. The molecule has 4 rings (SSSR count). The summed E-state index contributed by atoms with van der Waals surface area (Å²) in [6.07, 6.45) is 1.45. The molecule has 0 unspecified atom stereocenters. The molecule has 1 heterocycles. The van der Waals surface area contributed by atoms with Crippen molar-refractivity contribution < 1.29 is 38.3 Å². The van der Waals surface area contributed by atoms with Gasteiger partial charge in [0.2, 0.25) is 0 Å². The van der Waals surface area contributed by atoms with Crippen molar-refractivity contribution in [2.75, 3.05) is 20.3 Å². The van der Waals surface area contributed by atoms with Crippen LogP contribution >= 0.6 is 45.2 Å². The smallest absolute Gasteiger partial charge is 0.338 e. The standard InChI is InChI=1S/C31H29I2N5O9/c1-4-45-30(40)27-17(2)35-31(41)36-28(27)19-7-10-24(25(12-19)44-3)46-16-26(39)37-34-14-20-11-21(32)13-23(33)29(20)47-15-18-5-8-22(9-6-18)38(42)43/h5-14,28H,4,15-16H2,1-3H3,(H,37,39)(H2,35,36,41)/b34-14+/t28-/m0/s1. The number of halogens is 2. The fraction of sp³-hybridized carbons (Fsp3) is 0.226. The van der Waals surface area contributed by atoms with Crippen molar-refractivity contribution in [3.05, 3.63) is 99.8 Å². The maximum atomic E-state index is 12.6. The van der Waals surface area contributed by atoms with Crippen LogP contribution in [0.15, 0.2) is 71.0 Å². The second kappa shape index (κ2) is 16.4. The molecule has 14 nitrogen and oxygen atoms in total. The number of nitro groups is 1. The van der Waals surface area contributed by atoms with Crippen LogP contribution < -0.4 is 30.3 Å². The zero-order valence-corrected chi connectivity index (χ0v) is 29.6. The molecule has 3 N–H and O–H groups in total. The third-order valence-corrected chi connectivity index (χ3v) is 8.03. The van der Waals surface area contributed by atoms with Gasteiger partial charge in [0.1, 0.15) is 12.4 Å². The van der Waals surface area contributed by atoms with Gasteiger partial charge in [-0.3, -0.25) is 14.9 Å². The lowest BCUT2D eigenvalue weighted by Gasteiger charge is -2.28. The van der Waals surface area contributed by atoms with E-state index in [0.29, 0.717) is 22.6 Å². The first kappa shape index (κ1) is 35.4. The first-order valence-electron chi connectivity index (χ1n) is 13.9. The number of nitrogens with zero attached hydrogens (tertiary/aromatic N) is 2. The lowest BCUT2D eigenvalue weighted by Crippen LogP contribution is -2.45. The Hall–Kier alpha value is -4.46. The number of hydrogen-bond acceptors (Lipinski definition) is 10. The molecule has 16 heteroatoms. The van der Waals surface area contributed by atoms with E-state index >= 15 is 0 Å². The van der Waals surface area contributed by atoms with Crippen LogP contribution in [0.25, 0.3) is 0 Å². The van der Waals surface area contributed by atoms with E-state index < -0.39 is 35.5 Å². The van der Waals surface area contributed by atoms with Crippen molar-refractivity contribution >= 4 is 75.0 Å². The van der Waals surface area contributed by atoms with Crippen molar-refractivity contribution in [2.45, 2.75) is 26.5 Å². The highest BCUT2D eigenvalue weighted by atomic mass is 127. The van der Waals surface area contributed by atoms with Crippen molar-refractivity contribution in [2.24, 2.45) is 5.10 Å². The number of benzene rings is 3. The summed E-state index contributed by atoms with van der Waals surface area (Å²) in [7, 11) is 1.43. The van der Waals surface area contributed by atoms with Gasteiger partial charge in [0.25, 0.3) is 11.6 Å². The van der Waals surface area contributed by atoms with Gasteiger partial charge in [-0.05, 0) is 107 Å². The number of nitrogens with one attached hydrogen (secondary N) is 3. The Morgan fingerprint density at radius 3 is 2.51 bits per heavy atom. The molecule has 1 atom stereocenters. The minimum atomic E-state index is -0.796. The van der Waals surface area contributed by atoms with Crippen LogP contribution in [-0.4, -0.2) is 49.4 Å². The number of ether oxygens (including phenoxy) is 4. The Kier molecular flexibility index (Phi) is 12.3. The summed E-state index contributed by atoms with van der Waals surface area (Å²) in [6, 6.07) is 13.4. The normalized spacial score (nSPS) is 14.2. The summed E-state index contributed by atoms with van der Waals surface area (Å²) in [6.45, 7) is 3.25. The van der Waals surface area contributed by atoms with Crippen LogP contribution in [0.1, 0.15) is 36.6 Å².